The van der Waals surface area contributed by atoms with E-state index in [9.17, 15) is 0 Å². The molecule has 0 spiro atoms. The van der Waals surface area contributed by atoms with Crippen molar-refractivity contribution in [2.24, 2.45) is 5.41 Å². The molecule has 2 nitrogen and oxygen atoms in total. The molecule has 1 aromatic rings. The highest BCUT2D eigenvalue weighted by Gasteiger charge is 2.12. The molecule has 0 aromatic carbocycles. The molecule has 1 rings (SSSR count). The van der Waals surface area contributed by atoms with E-state index in [4.69, 9.17) is 11.6 Å². The molecule has 0 aliphatic carbocycles. The standard InChI is InChI=1S/C9H13ClN2/c1-9(2,3)6-7-4-5-11-8(10)12-7/h4-5H,6H2,1-3H3. The van der Waals surface area contributed by atoms with Gasteiger partial charge in [-0.05, 0) is 29.5 Å². The first kappa shape index (κ1) is 9.46. The molecule has 3 heteroatoms. The van der Waals surface area contributed by atoms with Crippen molar-refractivity contribution in [2.45, 2.75) is 27.2 Å². The Balaban J connectivity index is 2.77. The molecule has 1 aromatic heterocycles. The maximum atomic E-state index is 5.65. The van der Waals surface area contributed by atoms with Gasteiger partial charge in [0.2, 0.25) is 5.28 Å². The Labute approximate surface area is 78.0 Å². The average molecular weight is 185 g/mol. The molecule has 12 heavy (non-hydrogen) atoms. The third-order valence-electron chi connectivity index (χ3n) is 1.40. The van der Waals surface area contributed by atoms with Crippen LogP contribution in [0.2, 0.25) is 5.28 Å². The van der Waals surface area contributed by atoms with Crippen LogP contribution in [0.4, 0.5) is 0 Å². The molecule has 0 fully saturated rings. The molecule has 0 unspecified atom stereocenters. The molecule has 0 amide bonds. The second-order valence-electron chi connectivity index (χ2n) is 4.05. The van der Waals surface area contributed by atoms with Gasteiger partial charge in [-0.3, -0.25) is 0 Å². The molecular weight excluding hydrogens is 172 g/mol. The van der Waals surface area contributed by atoms with Crippen molar-refractivity contribution in [3.8, 4) is 0 Å². The predicted octanol–water partition coefficient (Wildman–Crippen LogP) is 2.72. The molecule has 0 aliphatic rings. The second kappa shape index (κ2) is 3.40. The van der Waals surface area contributed by atoms with Gasteiger partial charge in [-0.15, -0.1) is 0 Å². The lowest BCUT2D eigenvalue weighted by atomic mass is 9.90. The quantitative estimate of drug-likeness (QED) is 0.628. The van der Waals surface area contributed by atoms with E-state index in [-0.39, 0.29) is 5.41 Å². The smallest absolute Gasteiger partial charge is 0.222 e. The van der Waals surface area contributed by atoms with Gasteiger partial charge in [0.1, 0.15) is 0 Å². The highest BCUT2D eigenvalue weighted by atomic mass is 35.5. The van der Waals surface area contributed by atoms with Crippen LogP contribution in [0.5, 0.6) is 0 Å². The van der Waals surface area contributed by atoms with Gasteiger partial charge in [-0.25, -0.2) is 9.97 Å². The van der Waals surface area contributed by atoms with Crippen LogP contribution in [0.3, 0.4) is 0 Å². The SMILES string of the molecule is CC(C)(C)Cc1ccnc(Cl)n1. The fourth-order valence-corrected chi connectivity index (χ4v) is 1.18. The molecule has 66 valence electrons. The van der Waals surface area contributed by atoms with Crippen molar-refractivity contribution < 1.29 is 0 Å². The van der Waals surface area contributed by atoms with Crippen molar-refractivity contribution in [2.75, 3.05) is 0 Å². The van der Waals surface area contributed by atoms with Crippen LogP contribution in [-0.4, -0.2) is 9.97 Å². The van der Waals surface area contributed by atoms with Crippen LogP contribution in [-0.2, 0) is 6.42 Å². The van der Waals surface area contributed by atoms with Gasteiger partial charge in [0.05, 0.1) is 0 Å². The zero-order valence-electron chi connectivity index (χ0n) is 7.63. The monoisotopic (exact) mass is 184 g/mol. The van der Waals surface area contributed by atoms with E-state index in [1.54, 1.807) is 6.20 Å². The molecule has 0 radical (unpaired) electrons. The summed E-state index contributed by atoms with van der Waals surface area (Å²) in [5.74, 6) is 0. The lowest BCUT2D eigenvalue weighted by Gasteiger charge is -2.16. The minimum Gasteiger partial charge on any atom is -0.227 e. The van der Waals surface area contributed by atoms with E-state index in [0.29, 0.717) is 5.28 Å². The Morgan fingerprint density at radius 1 is 1.42 bits per heavy atom. The lowest BCUT2D eigenvalue weighted by Crippen LogP contribution is -2.10. The van der Waals surface area contributed by atoms with Crippen LogP contribution >= 0.6 is 11.6 Å². The van der Waals surface area contributed by atoms with Gasteiger partial charge < -0.3 is 0 Å². The summed E-state index contributed by atoms with van der Waals surface area (Å²) < 4.78 is 0. The van der Waals surface area contributed by atoms with Crippen LogP contribution < -0.4 is 0 Å². The number of hydrogen-bond acceptors (Lipinski definition) is 2. The van der Waals surface area contributed by atoms with Gasteiger partial charge in [0, 0.05) is 11.9 Å². The maximum absolute atomic E-state index is 5.65. The van der Waals surface area contributed by atoms with Crippen LogP contribution in [0.15, 0.2) is 12.3 Å². The van der Waals surface area contributed by atoms with Crippen LogP contribution in [0.1, 0.15) is 26.5 Å². The Bertz CT molecular complexity index is 265. The minimum atomic E-state index is 0.248. The van der Waals surface area contributed by atoms with Gasteiger partial charge in [-0.2, -0.15) is 0 Å². The molecule has 1 heterocycles. The van der Waals surface area contributed by atoms with E-state index in [1.165, 1.54) is 0 Å². The van der Waals surface area contributed by atoms with Gasteiger partial charge in [0.15, 0.2) is 0 Å². The number of rotatable bonds is 1. The third-order valence-corrected chi connectivity index (χ3v) is 1.58. The van der Waals surface area contributed by atoms with E-state index in [2.05, 4.69) is 30.7 Å². The summed E-state index contributed by atoms with van der Waals surface area (Å²) in [5, 5.41) is 0.330. The second-order valence-corrected chi connectivity index (χ2v) is 4.39. The summed E-state index contributed by atoms with van der Waals surface area (Å²) in [4.78, 5) is 7.94. The molecule has 0 bridgehead atoms. The maximum Gasteiger partial charge on any atom is 0.222 e. The van der Waals surface area contributed by atoms with Gasteiger partial charge >= 0.3 is 0 Å². The summed E-state index contributed by atoms with van der Waals surface area (Å²) in [6.45, 7) is 6.51. The summed E-state index contributed by atoms with van der Waals surface area (Å²) >= 11 is 5.65. The molecule has 0 aliphatic heterocycles. The highest BCUT2D eigenvalue weighted by Crippen LogP contribution is 2.19. The van der Waals surface area contributed by atoms with Gasteiger partial charge in [0.25, 0.3) is 0 Å². The van der Waals surface area contributed by atoms with E-state index >= 15 is 0 Å². The Kier molecular flexibility index (Phi) is 2.68. The first-order valence-corrected chi connectivity index (χ1v) is 4.33. The van der Waals surface area contributed by atoms with Gasteiger partial charge in [-0.1, -0.05) is 20.8 Å². The minimum absolute atomic E-state index is 0.248. The zero-order valence-corrected chi connectivity index (χ0v) is 8.39. The van der Waals surface area contributed by atoms with Crippen molar-refractivity contribution in [3.05, 3.63) is 23.2 Å². The Morgan fingerprint density at radius 3 is 2.58 bits per heavy atom. The van der Waals surface area contributed by atoms with E-state index in [1.807, 2.05) is 6.07 Å². The first-order valence-electron chi connectivity index (χ1n) is 3.95. The van der Waals surface area contributed by atoms with E-state index < -0.39 is 0 Å². The summed E-state index contributed by atoms with van der Waals surface area (Å²) in [5.41, 5.74) is 1.25. The summed E-state index contributed by atoms with van der Waals surface area (Å²) in [6.07, 6.45) is 2.62. The topological polar surface area (TPSA) is 25.8 Å². The zero-order chi connectivity index (χ0) is 9.19. The predicted molar refractivity (Wildman–Crippen MR) is 50.2 cm³/mol. The van der Waals surface area contributed by atoms with Crippen LogP contribution in [0, 0.1) is 5.41 Å². The van der Waals surface area contributed by atoms with Crippen molar-refractivity contribution in [1.29, 1.82) is 0 Å². The fourth-order valence-electron chi connectivity index (χ4n) is 1.01. The lowest BCUT2D eigenvalue weighted by molar-refractivity contribution is 0.406. The van der Waals surface area contributed by atoms with Crippen molar-refractivity contribution in [3.63, 3.8) is 0 Å². The molecule has 0 N–H and O–H groups in total. The summed E-state index contributed by atoms with van der Waals surface area (Å²) in [6, 6.07) is 1.90. The molecule has 0 saturated carbocycles. The summed E-state index contributed by atoms with van der Waals surface area (Å²) in [7, 11) is 0. The van der Waals surface area contributed by atoms with E-state index in [0.717, 1.165) is 12.1 Å². The normalized spacial score (nSPS) is 11.7. The van der Waals surface area contributed by atoms with Crippen LogP contribution in [0.25, 0.3) is 0 Å². The highest BCUT2D eigenvalue weighted by molar-refractivity contribution is 6.28. The molecule has 0 atom stereocenters. The molecule has 0 saturated heterocycles. The Hall–Kier alpha value is -0.630. The molecular formula is C9H13ClN2. The Morgan fingerprint density at radius 2 is 2.08 bits per heavy atom. The fraction of sp³-hybridized carbons (Fsp3) is 0.556. The number of nitrogens with zero attached hydrogens (tertiary/aromatic N) is 2. The largest absolute Gasteiger partial charge is 0.227 e. The number of aromatic nitrogens is 2. The number of hydrogen-bond donors (Lipinski definition) is 0. The third kappa shape index (κ3) is 3.18. The number of halogens is 1. The van der Waals surface area contributed by atoms with Crippen molar-refractivity contribution >= 4 is 11.6 Å². The first-order chi connectivity index (χ1) is 5.47. The van der Waals surface area contributed by atoms with Crippen molar-refractivity contribution in [1.82, 2.24) is 9.97 Å². The average Bonchev–Trinajstić information content (AvgIpc) is 1.82.